The zero-order valence-corrected chi connectivity index (χ0v) is 9.04. The van der Waals surface area contributed by atoms with Crippen LogP contribution in [0.3, 0.4) is 0 Å². The number of hydrogen-bond acceptors (Lipinski definition) is 1. The molecule has 1 aromatic rings. The first kappa shape index (κ1) is 10.6. The molecular formula is C13H17FO. The summed E-state index contributed by atoms with van der Waals surface area (Å²) in [5.41, 5.74) is -0.0752. The molecular weight excluding hydrogens is 191 g/mol. The summed E-state index contributed by atoms with van der Waals surface area (Å²) in [5, 5.41) is 10.5. The second-order valence-electron chi connectivity index (χ2n) is 4.74. The number of benzene rings is 1. The van der Waals surface area contributed by atoms with Gasteiger partial charge in [-0.1, -0.05) is 25.5 Å². The van der Waals surface area contributed by atoms with Crippen LogP contribution < -0.4 is 0 Å². The van der Waals surface area contributed by atoms with Crippen LogP contribution in [0.1, 0.15) is 38.2 Å². The van der Waals surface area contributed by atoms with Crippen LogP contribution in [0.5, 0.6) is 0 Å². The van der Waals surface area contributed by atoms with Crippen LogP contribution in [0.25, 0.3) is 0 Å². The Bertz CT molecular complexity index is 350. The van der Waals surface area contributed by atoms with E-state index < -0.39 is 5.60 Å². The van der Waals surface area contributed by atoms with Crippen LogP contribution in [-0.2, 0) is 5.60 Å². The smallest absolute Gasteiger partial charge is 0.123 e. The Hall–Kier alpha value is -0.890. The van der Waals surface area contributed by atoms with Crippen molar-refractivity contribution in [3.05, 3.63) is 35.6 Å². The van der Waals surface area contributed by atoms with E-state index in [1.807, 2.05) is 6.07 Å². The summed E-state index contributed by atoms with van der Waals surface area (Å²) >= 11 is 0. The van der Waals surface area contributed by atoms with Gasteiger partial charge in [0, 0.05) is 0 Å². The lowest BCUT2D eigenvalue weighted by Gasteiger charge is -2.36. The van der Waals surface area contributed by atoms with E-state index in [-0.39, 0.29) is 5.82 Å². The third kappa shape index (κ3) is 2.20. The Kier molecular flexibility index (Phi) is 2.79. The summed E-state index contributed by atoms with van der Waals surface area (Å²) in [7, 11) is 0. The van der Waals surface area contributed by atoms with Crippen molar-refractivity contribution in [1.29, 1.82) is 0 Å². The summed E-state index contributed by atoms with van der Waals surface area (Å²) in [5.74, 6) is 0.256. The SMILES string of the molecule is C[C@@H]1CCC[C@@](O)(c2cccc(F)c2)C1. The number of rotatable bonds is 1. The van der Waals surface area contributed by atoms with Gasteiger partial charge in [0.05, 0.1) is 5.60 Å². The lowest BCUT2D eigenvalue weighted by atomic mass is 9.75. The van der Waals surface area contributed by atoms with Gasteiger partial charge >= 0.3 is 0 Å². The average Bonchev–Trinajstić information content (AvgIpc) is 2.17. The summed E-state index contributed by atoms with van der Waals surface area (Å²) in [6.45, 7) is 2.14. The van der Waals surface area contributed by atoms with Gasteiger partial charge in [-0.2, -0.15) is 0 Å². The van der Waals surface area contributed by atoms with Gasteiger partial charge in [-0.3, -0.25) is 0 Å². The van der Waals surface area contributed by atoms with Gasteiger partial charge in [0.15, 0.2) is 0 Å². The van der Waals surface area contributed by atoms with E-state index in [0.29, 0.717) is 5.92 Å². The Labute approximate surface area is 89.9 Å². The highest BCUT2D eigenvalue weighted by atomic mass is 19.1. The van der Waals surface area contributed by atoms with Gasteiger partial charge in [0.2, 0.25) is 0 Å². The van der Waals surface area contributed by atoms with Gasteiger partial charge in [-0.05, 0) is 42.9 Å². The summed E-state index contributed by atoms with van der Waals surface area (Å²) in [6.07, 6.45) is 3.68. The quantitative estimate of drug-likeness (QED) is 0.751. The summed E-state index contributed by atoms with van der Waals surface area (Å²) in [6, 6.07) is 6.36. The molecule has 1 aliphatic rings. The maximum absolute atomic E-state index is 13.1. The molecule has 2 rings (SSSR count). The molecule has 0 bridgehead atoms. The zero-order chi connectivity index (χ0) is 10.9. The maximum atomic E-state index is 13.1. The van der Waals surface area contributed by atoms with Crippen LogP contribution >= 0.6 is 0 Å². The van der Waals surface area contributed by atoms with E-state index in [1.54, 1.807) is 6.07 Å². The minimum atomic E-state index is -0.806. The fourth-order valence-corrected chi connectivity index (χ4v) is 2.56. The predicted molar refractivity (Wildman–Crippen MR) is 57.9 cm³/mol. The molecule has 1 N–H and O–H groups in total. The highest BCUT2D eigenvalue weighted by Crippen LogP contribution is 2.39. The molecule has 0 heterocycles. The minimum absolute atomic E-state index is 0.265. The number of hydrogen-bond donors (Lipinski definition) is 1. The molecule has 82 valence electrons. The van der Waals surface area contributed by atoms with Gasteiger partial charge < -0.3 is 5.11 Å². The standard InChI is InChI=1S/C13H17FO/c1-10-4-3-7-13(15,9-10)11-5-2-6-12(14)8-11/h2,5-6,8,10,15H,3-4,7,9H2,1H3/t10-,13+/m1/s1. The monoisotopic (exact) mass is 208 g/mol. The number of aliphatic hydroxyl groups is 1. The highest BCUT2D eigenvalue weighted by molar-refractivity contribution is 5.23. The van der Waals surface area contributed by atoms with Gasteiger partial charge in [0.1, 0.15) is 5.82 Å². The molecule has 2 atom stereocenters. The molecule has 0 spiro atoms. The topological polar surface area (TPSA) is 20.2 Å². The van der Waals surface area contributed by atoms with Crippen molar-refractivity contribution in [2.24, 2.45) is 5.92 Å². The maximum Gasteiger partial charge on any atom is 0.123 e. The molecule has 0 aromatic heterocycles. The van der Waals surface area contributed by atoms with Crippen molar-refractivity contribution >= 4 is 0 Å². The molecule has 0 unspecified atom stereocenters. The average molecular weight is 208 g/mol. The molecule has 0 radical (unpaired) electrons. The van der Waals surface area contributed by atoms with Crippen LogP contribution in [0.15, 0.2) is 24.3 Å². The third-order valence-electron chi connectivity index (χ3n) is 3.34. The summed E-state index contributed by atoms with van der Waals surface area (Å²) in [4.78, 5) is 0. The lowest BCUT2D eigenvalue weighted by molar-refractivity contribution is -0.0181. The minimum Gasteiger partial charge on any atom is -0.385 e. The zero-order valence-electron chi connectivity index (χ0n) is 9.04. The van der Waals surface area contributed by atoms with Crippen LogP contribution in [-0.4, -0.2) is 5.11 Å². The normalized spacial score (nSPS) is 31.5. The second kappa shape index (κ2) is 3.93. The van der Waals surface area contributed by atoms with E-state index in [2.05, 4.69) is 6.92 Å². The van der Waals surface area contributed by atoms with Crippen molar-refractivity contribution < 1.29 is 9.50 Å². The molecule has 1 aliphatic carbocycles. The van der Waals surface area contributed by atoms with E-state index >= 15 is 0 Å². The molecule has 1 nitrogen and oxygen atoms in total. The van der Waals surface area contributed by atoms with E-state index in [4.69, 9.17) is 0 Å². The molecule has 15 heavy (non-hydrogen) atoms. The van der Waals surface area contributed by atoms with Gasteiger partial charge in [-0.25, -0.2) is 4.39 Å². The highest BCUT2D eigenvalue weighted by Gasteiger charge is 2.34. The fraction of sp³-hybridized carbons (Fsp3) is 0.538. The Morgan fingerprint density at radius 2 is 2.27 bits per heavy atom. The van der Waals surface area contributed by atoms with Crippen molar-refractivity contribution in [1.82, 2.24) is 0 Å². The third-order valence-corrected chi connectivity index (χ3v) is 3.34. The molecule has 1 aromatic carbocycles. The summed E-state index contributed by atoms with van der Waals surface area (Å²) < 4.78 is 13.1. The van der Waals surface area contributed by atoms with Crippen molar-refractivity contribution in [2.75, 3.05) is 0 Å². The Balaban J connectivity index is 2.28. The molecule has 0 saturated heterocycles. The van der Waals surface area contributed by atoms with E-state index in [1.165, 1.54) is 12.1 Å². The van der Waals surface area contributed by atoms with Crippen molar-refractivity contribution in [3.8, 4) is 0 Å². The Morgan fingerprint density at radius 3 is 2.93 bits per heavy atom. The molecule has 1 fully saturated rings. The van der Waals surface area contributed by atoms with E-state index in [9.17, 15) is 9.50 Å². The van der Waals surface area contributed by atoms with Crippen LogP contribution in [0.4, 0.5) is 4.39 Å². The molecule has 0 amide bonds. The first-order valence-corrected chi connectivity index (χ1v) is 5.58. The first-order valence-electron chi connectivity index (χ1n) is 5.58. The lowest BCUT2D eigenvalue weighted by Crippen LogP contribution is -2.31. The first-order chi connectivity index (χ1) is 7.10. The largest absolute Gasteiger partial charge is 0.385 e. The molecule has 1 saturated carbocycles. The second-order valence-corrected chi connectivity index (χ2v) is 4.74. The van der Waals surface area contributed by atoms with Crippen LogP contribution in [0, 0.1) is 11.7 Å². The molecule has 2 heteroatoms. The fourth-order valence-electron chi connectivity index (χ4n) is 2.56. The van der Waals surface area contributed by atoms with Gasteiger partial charge in [-0.15, -0.1) is 0 Å². The van der Waals surface area contributed by atoms with Crippen LogP contribution in [0.2, 0.25) is 0 Å². The van der Waals surface area contributed by atoms with Crippen molar-refractivity contribution in [2.45, 2.75) is 38.2 Å². The van der Waals surface area contributed by atoms with E-state index in [0.717, 1.165) is 31.2 Å². The predicted octanol–water partition coefficient (Wildman–Crippen LogP) is 3.22. The molecule has 0 aliphatic heterocycles. The Morgan fingerprint density at radius 1 is 1.47 bits per heavy atom. The van der Waals surface area contributed by atoms with Gasteiger partial charge in [0.25, 0.3) is 0 Å². The number of halogens is 1. The van der Waals surface area contributed by atoms with Crippen molar-refractivity contribution in [3.63, 3.8) is 0 Å².